The number of aliphatic hydroxyl groups excluding tert-OH is 6. The molecule has 0 fully saturated rings. The summed E-state index contributed by atoms with van der Waals surface area (Å²) in [5.74, 6) is -3.65. The van der Waals surface area contributed by atoms with Crippen molar-refractivity contribution in [2.75, 3.05) is 13.2 Å². The monoisotopic (exact) mass is 272 g/mol. The molecule has 4 atom stereocenters. The molecule has 0 heterocycles. The maximum Gasteiger partial charge on any atom is 0.414 e. The van der Waals surface area contributed by atoms with Crippen LogP contribution in [0.15, 0.2) is 0 Å². The van der Waals surface area contributed by atoms with Crippen molar-refractivity contribution in [2.24, 2.45) is 0 Å². The second-order valence-electron chi connectivity index (χ2n) is 3.09. The topological polar surface area (TPSA) is 196 Å². The van der Waals surface area contributed by atoms with Crippen LogP contribution >= 0.6 is 0 Å². The number of rotatable bonds is 5. The molecule has 0 saturated carbocycles. The molecule has 0 unspecified atom stereocenters. The number of carboxylic acids is 2. The smallest absolute Gasteiger partial charge is 0.414 e. The molecule has 0 aliphatic heterocycles. The average molecular weight is 272 g/mol. The van der Waals surface area contributed by atoms with Crippen LogP contribution in [0.25, 0.3) is 0 Å². The normalized spacial score (nSPS) is 16.8. The fraction of sp³-hybridized carbons (Fsp3) is 0.750. The maximum atomic E-state index is 9.10. The molecule has 0 rings (SSSR count). The van der Waals surface area contributed by atoms with Crippen molar-refractivity contribution in [3.63, 3.8) is 0 Å². The van der Waals surface area contributed by atoms with Gasteiger partial charge in [0, 0.05) is 0 Å². The summed E-state index contributed by atoms with van der Waals surface area (Å²) in [5, 5.41) is 67.0. The Balaban J connectivity index is 0. The third-order valence-electron chi connectivity index (χ3n) is 1.70. The van der Waals surface area contributed by atoms with Gasteiger partial charge in [0.2, 0.25) is 0 Å². The van der Waals surface area contributed by atoms with Gasteiger partial charge in [-0.2, -0.15) is 0 Å². The maximum absolute atomic E-state index is 9.10. The van der Waals surface area contributed by atoms with E-state index >= 15 is 0 Å². The van der Waals surface area contributed by atoms with Gasteiger partial charge in [-0.1, -0.05) is 0 Å². The van der Waals surface area contributed by atoms with Crippen LogP contribution in [0, 0.1) is 0 Å². The fourth-order valence-electron chi connectivity index (χ4n) is 0.671. The van der Waals surface area contributed by atoms with E-state index in [1.54, 1.807) is 0 Å². The van der Waals surface area contributed by atoms with Crippen LogP contribution in [-0.2, 0) is 9.59 Å². The number of aliphatic carboxylic acids is 2. The summed E-state index contributed by atoms with van der Waals surface area (Å²) < 4.78 is 0. The van der Waals surface area contributed by atoms with Crippen molar-refractivity contribution in [3.8, 4) is 0 Å². The van der Waals surface area contributed by atoms with Gasteiger partial charge in [0.15, 0.2) is 0 Å². The molecular weight excluding hydrogens is 256 g/mol. The van der Waals surface area contributed by atoms with Crippen molar-refractivity contribution in [3.05, 3.63) is 0 Å². The van der Waals surface area contributed by atoms with E-state index in [0.717, 1.165) is 0 Å². The Morgan fingerprint density at radius 3 is 1.06 bits per heavy atom. The lowest BCUT2D eigenvalue weighted by molar-refractivity contribution is -0.159. The zero-order chi connectivity index (χ0) is 14.9. The Hall–Kier alpha value is -1.30. The lowest BCUT2D eigenvalue weighted by atomic mass is 10.0. The van der Waals surface area contributed by atoms with Crippen LogP contribution in [0.3, 0.4) is 0 Å². The Morgan fingerprint density at radius 2 is 0.944 bits per heavy atom. The Kier molecular flexibility index (Phi) is 10.3. The van der Waals surface area contributed by atoms with E-state index in [0.29, 0.717) is 0 Å². The zero-order valence-corrected chi connectivity index (χ0v) is 9.12. The van der Waals surface area contributed by atoms with Gasteiger partial charge in [-0.25, -0.2) is 9.59 Å². The van der Waals surface area contributed by atoms with Gasteiger partial charge in [-0.3, -0.25) is 0 Å². The molecule has 0 aliphatic rings. The number of carboxylic acid groups (broad SMARTS) is 2. The van der Waals surface area contributed by atoms with Crippen molar-refractivity contribution >= 4 is 11.9 Å². The quantitative estimate of drug-likeness (QED) is 0.226. The standard InChI is InChI=1S/C6H14O6.C2H2O4/c7-1-3(9)5(11)6(12)4(10)2-8;3-1(4)2(5)6/h3-12H,1-2H2;(H,3,4)(H,5,6)/t3-,4+,5+,6-;. The summed E-state index contributed by atoms with van der Waals surface area (Å²) in [7, 11) is 0. The molecular formula is C8H16O10. The van der Waals surface area contributed by atoms with Gasteiger partial charge in [-0.05, 0) is 0 Å². The minimum Gasteiger partial charge on any atom is -0.473 e. The predicted octanol–water partition coefficient (Wildman–Crippen LogP) is -4.43. The molecule has 8 N–H and O–H groups in total. The number of carbonyl (C=O) groups is 2. The SMILES string of the molecule is O=C(O)C(=O)O.OC[C@@H](O)[C@H](O)[C@H](O)[C@@H](O)CO. The van der Waals surface area contributed by atoms with Crippen molar-refractivity contribution in [1.82, 2.24) is 0 Å². The first-order valence-corrected chi connectivity index (χ1v) is 4.59. The lowest BCUT2D eigenvalue weighted by Crippen LogP contribution is -2.46. The highest BCUT2D eigenvalue weighted by Crippen LogP contribution is 2.03. The first kappa shape index (κ1) is 19.0. The third kappa shape index (κ3) is 7.89. The first-order chi connectivity index (χ1) is 8.18. The molecule has 10 nitrogen and oxygen atoms in total. The fourth-order valence-corrected chi connectivity index (χ4v) is 0.671. The zero-order valence-electron chi connectivity index (χ0n) is 9.12. The van der Waals surface area contributed by atoms with E-state index < -0.39 is 49.6 Å². The van der Waals surface area contributed by atoms with E-state index in [9.17, 15) is 0 Å². The second kappa shape index (κ2) is 9.70. The molecule has 0 radical (unpaired) electrons. The van der Waals surface area contributed by atoms with Gasteiger partial charge in [-0.15, -0.1) is 0 Å². The molecule has 10 heteroatoms. The minimum atomic E-state index is -1.82. The van der Waals surface area contributed by atoms with Crippen LogP contribution in [0.2, 0.25) is 0 Å². The second-order valence-corrected chi connectivity index (χ2v) is 3.09. The van der Waals surface area contributed by atoms with E-state index in [-0.39, 0.29) is 0 Å². The van der Waals surface area contributed by atoms with Gasteiger partial charge >= 0.3 is 11.9 Å². The van der Waals surface area contributed by atoms with Gasteiger partial charge in [0.05, 0.1) is 13.2 Å². The predicted molar refractivity (Wildman–Crippen MR) is 53.5 cm³/mol. The highest BCUT2D eigenvalue weighted by Gasteiger charge is 2.29. The minimum absolute atomic E-state index is 0.726. The van der Waals surface area contributed by atoms with E-state index in [4.69, 9.17) is 50.4 Å². The molecule has 0 spiro atoms. The highest BCUT2D eigenvalue weighted by atomic mass is 16.4. The number of hydrogen-bond donors (Lipinski definition) is 8. The Labute approximate surface area is 101 Å². The number of hydrogen-bond acceptors (Lipinski definition) is 8. The summed E-state index contributed by atoms with van der Waals surface area (Å²) in [6.45, 7) is -1.45. The largest absolute Gasteiger partial charge is 0.473 e. The van der Waals surface area contributed by atoms with Crippen LogP contribution in [0.1, 0.15) is 0 Å². The van der Waals surface area contributed by atoms with Crippen molar-refractivity contribution in [2.45, 2.75) is 24.4 Å². The molecule has 108 valence electrons. The molecule has 0 aliphatic carbocycles. The average Bonchev–Trinajstić information content (AvgIpc) is 2.35. The van der Waals surface area contributed by atoms with Crippen LogP contribution in [0.5, 0.6) is 0 Å². The molecule has 0 saturated heterocycles. The van der Waals surface area contributed by atoms with Gasteiger partial charge < -0.3 is 40.9 Å². The van der Waals surface area contributed by atoms with Crippen LogP contribution in [-0.4, -0.2) is 90.4 Å². The van der Waals surface area contributed by atoms with Crippen molar-refractivity contribution in [1.29, 1.82) is 0 Å². The molecule has 0 bridgehead atoms. The van der Waals surface area contributed by atoms with Crippen LogP contribution in [0.4, 0.5) is 0 Å². The molecule has 0 aromatic heterocycles. The Bertz CT molecular complexity index is 228. The van der Waals surface area contributed by atoms with E-state index in [1.807, 2.05) is 0 Å². The summed E-state index contributed by atoms with van der Waals surface area (Å²) in [4.78, 5) is 18.2. The first-order valence-electron chi connectivity index (χ1n) is 4.59. The number of aliphatic hydroxyl groups is 6. The third-order valence-corrected chi connectivity index (χ3v) is 1.70. The Morgan fingerprint density at radius 1 is 0.722 bits per heavy atom. The molecule has 0 amide bonds. The van der Waals surface area contributed by atoms with Gasteiger partial charge in [0.1, 0.15) is 24.4 Å². The highest BCUT2D eigenvalue weighted by molar-refractivity contribution is 6.27. The van der Waals surface area contributed by atoms with E-state index in [2.05, 4.69) is 0 Å². The van der Waals surface area contributed by atoms with Gasteiger partial charge in [0.25, 0.3) is 0 Å². The van der Waals surface area contributed by atoms with Crippen molar-refractivity contribution < 1.29 is 50.4 Å². The molecule has 18 heavy (non-hydrogen) atoms. The molecule has 0 aromatic carbocycles. The summed E-state index contributed by atoms with van der Waals surface area (Å²) in [6.07, 6.45) is -6.39. The van der Waals surface area contributed by atoms with Crippen LogP contribution < -0.4 is 0 Å². The summed E-state index contributed by atoms with van der Waals surface area (Å²) in [6, 6.07) is 0. The lowest BCUT2D eigenvalue weighted by Gasteiger charge is -2.24. The molecule has 0 aromatic rings. The summed E-state index contributed by atoms with van der Waals surface area (Å²) >= 11 is 0. The van der Waals surface area contributed by atoms with E-state index in [1.165, 1.54) is 0 Å². The summed E-state index contributed by atoms with van der Waals surface area (Å²) in [5.41, 5.74) is 0.